The summed E-state index contributed by atoms with van der Waals surface area (Å²) in [6.45, 7) is 2.40. The van der Waals surface area contributed by atoms with Crippen molar-refractivity contribution in [1.29, 1.82) is 0 Å². The Labute approximate surface area is 207 Å². The average Bonchev–Trinajstić information content (AvgIpc) is 2.89. The standard InChI is InChI=1S/C29H33N3O3/c1-35-26-15-13-24(14-16-26)30-29(34)31-17-5-8-25(20-33)32-18-27(28(32)19-31)23-11-9-22(10-12-23)21-6-3-2-4-7-21/h2-4,6-7,9-16,25,27-28,33H,5,8,17-20H2,1H3,(H,30,34). The summed E-state index contributed by atoms with van der Waals surface area (Å²) in [5.74, 6) is 1.10. The van der Waals surface area contributed by atoms with E-state index in [9.17, 15) is 9.90 Å². The molecule has 2 N–H and O–H groups in total. The minimum Gasteiger partial charge on any atom is -0.497 e. The normalized spacial score (nSPS) is 22.3. The van der Waals surface area contributed by atoms with Gasteiger partial charge in [0.25, 0.3) is 0 Å². The quantitative estimate of drug-likeness (QED) is 0.560. The van der Waals surface area contributed by atoms with E-state index in [0.29, 0.717) is 19.0 Å². The monoisotopic (exact) mass is 471 g/mol. The van der Waals surface area contributed by atoms with Crippen LogP contribution in [0.15, 0.2) is 78.9 Å². The Balaban J connectivity index is 1.31. The van der Waals surface area contributed by atoms with E-state index in [1.165, 1.54) is 16.7 Å². The van der Waals surface area contributed by atoms with Gasteiger partial charge < -0.3 is 20.1 Å². The maximum atomic E-state index is 13.2. The van der Waals surface area contributed by atoms with Crippen molar-refractivity contribution in [1.82, 2.24) is 9.80 Å². The predicted molar refractivity (Wildman–Crippen MR) is 139 cm³/mol. The number of hydrogen-bond acceptors (Lipinski definition) is 4. The van der Waals surface area contributed by atoms with Crippen molar-refractivity contribution < 1.29 is 14.6 Å². The van der Waals surface area contributed by atoms with Gasteiger partial charge in [0.05, 0.1) is 13.7 Å². The van der Waals surface area contributed by atoms with E-state index in [2.05, 4.69) is 58.7 Å². The van der Waals surface area contributed by atoms with E-state index in [0.717, 1.165) is 30.8 Å². The van der Waals surface area contributed by atoms with Gasteiger partial charge in [0.2, 0.25) is 0 Å². The molecule has 0 aromatic heterocycles. The van der Waals surface area contributed by atoms with E-state index >= 15 is 0 Å². The van der Waals surface area contributed by atoms with Crippen LogP contribution in [0.3, 0.4) is 0 Å². The van der Waals surface area contributed by atoms with Gasteiger partial charge in [0.15, 0.2) is 0 Å². The average molecular weight is 472 g/mol. The molecule has 2 aliphatic rings. The van der Waals surface area contributed by atoms with Gasteiger partial charge in [-0.15, -0.1) is 0 Å². The Kier molecular flexibility index (Phi) is 7.02. The summed E-state index contributed by atoms with van der Waals surface area (Å²) in [6, 6.07) is 26.9. The van der Waals surface area contributed by atoms with Crippen LogP contribution in [0, 0.1) is 0 Å². The van der Waals surface area contributed by atoms with E-state index in [1.807, 2.05) is 35.2 Å². The predicted octanol–water partition coefficient (Wildman–Crippen LogP) is 4.82. The first-order valence-electron chi connectivity index (χ1n) is 12.4. The molecule has 0 spiro atoms. The smallest absolute Gasteiger partial charge is 0.321 e. The summed E-state index contributed by atoms with van der Waals surface area (Å²) in [6.07, 6.45) is 1.76. The third kappa shape index (κ3) is 5.04. The molecule has 2 amide bonds. The zero-order valence-corrected chi connectivity index (χ0v) is 20.1. The molecule has 0 bridgehead atoms. The molecule has 0 aliphatic carbocycles. The number of benzene rings is 3. The minimum atomic E-state index is -0.0809. The lowest BCUT2D eigenvalue weighted by Crippen LogP contribution is -2.65. The molecule has 5 rings (SSSR count). The number of nitrogens with zero attached hydrogens (tertiary/aromatic N) is 2. The molecule has 6 heteroatoms. The molecule has 35 heavy (non-hydrogen) atoms. The van der Waals surface area contributed by atoms with Crippen molar-refractivity contribution in [3.8, 4) is 16.9 Å². The van der Waals surface area contributed by atoms with Gasteiger partial charge >= 0.3 is 6.03 Å². The van der Waals surface area contributed by atoms with Crippen LogP contribution in [0.25, 0.3) is 11.1 Å². The summed E-state index contributed by atoms with van der Waals surface area (Å²) in [5.41, 5.74) is 4.46. The van der Waals surface area contributed by atoms with Gasteiger partial charge in [-0.25, -0.2) is 4.79 Å². The molecule has 0 saturated carbocycles. The molecule has 182 valence electrons. The van der Waals surface area contributed by atoms with Crippen LogP contribution >= 0.6 is 0 Å². The minimum absolute atomic E-state index is 0.0809. The fraction of sp³-hybridized carbons (Fsp3) is 0.345. The molecule has 2 fully saturated rings. The van der Waals surface area contributed by atoms with Gasteiger partial charge in [-0.05, 0) is 53.8 Å². The molecule has 2 aliphatic heterocycles. The Hall–Kier alpha value is -3.35. The second-order valence-electron chi connectivity index (χ2n) is 9.44. The van der Waals surface area contributed by atoms with Crippen molar-refractivity contribution in [2.24, 2.45) is 0 Å². The number of anilines is 1. The number of amides is 2. The number of methoxy groups -OCH3 is 1. The zero-order valence-electron chi connectivity index (χ0n) is 20.1. The van der Waals surface area contributed by atoms with Gasteiger partial charge in [0.1, 0.15) is 5.75 Å². The van der Waals surface area contributed by atoms with Crippen LogP contribution in [-0.2, 0) is 0 Å². The second kappa shape index (κ2) is 10.5. The summed E-state index contributed by atoms with van der Waals surface area (Å²) in [5, 5.41) is 13.1. The van der Waals surface area contributed by atoms with Crippen LogP contribution in [0.5, 0.6) is 5.75 Å². The van der Waals surface area contributed by atoms with Gasteiger partial charge in [0, 0.05) is 43.3 Å². The van der Waals surface area contributed by atoms with Gasteiger partial charge in [-0.1, -0.05) is 54.6 Å². The van der Waals surface area contributed by atoms with E-state index in [1.54, 1.807) is 7.11 Å². The van der Waals surface area contributed by atoms with E-state index in [4.69, 9.17) is 4.74 Å². The number of carbonyl (C=O) groups excluding carboxylic acids is 1. The molecular weight excluding hydrogens is 438 g/mol. The van der Waals surface area contributed by atoms with E-state index < -0.39 is 0 Å². The SMILES string of the molecule is COc1ccc(NC(=O)N2CCCC(CO)N3CC(c4ccc(-c5ccccc5)cc4)C3C2)cc1. The lowest BCUT2D eigenvalue weighted by atomic mass is 9.79. The molecular formula is C29H33N3O3. The Morgan fingerprint density at radius 3 is 2.37 bits per heavy atom. The molecule has 3 aromatic rings. The number of aliphatic hydroxyl groups excluding tert-OH is 1. The maximum Gasteiger partial charge on any atom is 0.321 e. The molecule has 2 heterocycles. The number of carbonyl (C=O) groups is 1. The lowest BCUT2D eigenvalue weighted by Gasteiger charge is -2.54. The summed E-state index contributed by atoms with van der Waals surface area (Å²) in [7, 11) is 1.63. The highest BCUT2D eigenvalue weighted by Crippen LogP contribution is 2.39. The first-order valence-corrected chi connectivity index (χ1v) is 12.4. The third-order valence-electron chi connectivity index (χ3n) is 7.43. The largest absolute Gasteiger partial charge is 0.497 e. The Morgan fingerprint density at radius 1 is 0.971 bits per heavy atom. The van der Waals surface area contributed by atoms with Crippen molar-refractivity contribution in [3.63, 3.8) is 0 Å². The van der Waals surface area contributed by atoms with Crippen molar-refractivity contribution in [2.75, 3.05) is 38.7 Å². The number of nitrogens with one attached hydrogen (secondary N) is 1. The number of urea groups is 1. The van der Waals surface area contributed by atoms with Crippen molar-refractivity contribution in [3.05, 3.63) is 84.4 Å². The topological polar surface area (TPSA) is 65.0 Å². The van der Waals surface area contributed by atoms with Crippen LogP contribution in [0.2, 0.25) is 0 Å². The van der Waals surface area contributed by atoms with Crippen LogP contribution < -0.4 is 10.1 Å². The number of hydrogen-bond donors (Lipinski definition) is 2. The van der Waals surface area contributed by atoms with Gasteiger partial charge in [-0.3, -0.25) is 4.90 Å². The number of aliphatic hydroxyl groups is 1. The molecule has 3 atom stereocenters. The maximum absolute atomic E-state index is 13.2. The van der Waals surface area contributed by atoms with Gasteiger partial charge in [-0.2, -0.15) is 0 Å². The summed E-state index contributed by atoms with van der Waals surface area (Å²) in [4.78, 5) is 17.5. The number of rotatable bonds is 5. The fourth-order valence-electron chi connectivity index (χ4n) is 5.37. The molecule has 3 aromatic carbocycles. The lowest BCUT2D eigenvalue weighted by molar-refractivity contribution is -0.0320. The highest BCUT2D eigenvalue weighted by atomic mass is 16.5. The molecule has 6 nitrogen and oxygen atoms in total. The van der Waals surface area contributed by atoms with Crippen LogP contribution in [0.1, 0.15) is 24.3 Å². The number of fused-ring (bicyclic) bond motifs is 1. The Bertz CT molecular complexity index is 1120. The van der Waals surface area contributed by atoms with Crippen molar-refractivity contribution >= 4 is 11.7 Å². The third-order valence-corrected chi connectivity index (χ3v) is 7.43. The second-order valence-corrected chi connectivity index (χ2v) is 9.44. The molecule has 2 saturated heterocycles. The summed E-state index contributed by atoms with van der Waals surface area (Å²) < 4.78 is 5.21. The Morgan fingerprint density at radius 2 is 1.69 bits per heavy atom. The highest BCUT2D eigenvalue weighted by Gasteiger charge is 2.45. The fourth-order valence-corrected chi connectivity index (χ4v) is 5.37. The van der Waals surface area contributed by atoms with Crippen molar-refractivity contribution in [2.45, 2.75) is 30.8 Å². The molecule has 0 radical (unpaired) electrons. The van der Waals surface area contributed by atoms with Crippen LogP contribution in [0.4, 0.5) is 10.5 Å². The first kappa shape index (κ1) is 23.4. The highest BCUT2D eigenvalue weighted by molar-refractivity contribution is 5.89. The summed E-state index contributed by atoms with van der Waals surface area (Å²) >= 11 is 0. The first-order chi connectivity index (χ1) is 17.2. The molecule has 3 unspecified atom stereocenters. The number of ether oxygens (including phenoxy) is 1. The zero-order chi connectivity index (χ0) is 24.2. The van der Waals surface area contributed by atoms with E-state index in [-0.39, 0.29) is 24.7 Å². The van der Waals surface area contributed by atoms with Crippen LogP contribution in [-0.4, -0.2) is 66.4 Å².